The Kier molecular flexibility index (Phi) is 4.36. The topological polar surface area (TPSA) is 40.5 Å². The Hall–Kier alpha value is -2.07. The predicted molar refractivity (Wildman–Crippen MR) is 72.4 cm³/mol. The molecule has 4 nitrogen and oxygen atoms in total. The zero-order valence-electron chi connectivity index (χ0n) is 11.1. The molecule has 0 atom stereocenters. The minimum atomic E-state index is -0.0374. The van der Waals surface area contributed by atoms with Gasteiger partial charge in [-0.2, -0.15) is 0 Å². The van der Waals surface area contributed by atoms with Crippen LogP contribution >= 0.6 is 0 Å². The molecule has 1 aromatic carbocycles. The fourth-order valence-corrected chi connectivity index (χ4v) is 1.87. The maximum absolute atomic E-state index is 11.9. The molecular formula is C15H17NO3. The van der Waals surface area contributed by atoms with Gasteiger partial charge in [-0.3, -0.25) is 4.79 Å². The molecular weight excluding hydrogens is 242 g/mol. The van der Waals surface area contributed by atoms with Crippen molar-refractivity contribution in [3.05, 3.63) is 53.9 Å². The van der Waals surface area contributed by atoms with E-state index in [9.17, 15) is 4.79 Å². The Balaban J connectivity index is 1.97. The van der Waals surface area contributed by atoms with Crippen LogP contribution in [0, 0.1) is 0 Å². The largest absolute Gasteiger partial charge is 0.485 e. The van der Waals surface area contributed by atoms with E-state index in [2.05, 4.69) is 0 Å². The first-order valence-electron chi connectivity index (χ1n) is 6.06. The fourth-order valence-electron chi connectivity index (χ4n) is 1.87. The summed E-state index contributed by atoms with van der Waals surface area (Å²) in [4.78, 5) is 11.9. The van der Waals surface area contributed by atoms with Crippen LogP contribution in [0.3, 0.4) is 0 Å². The molecule has 1 heterocycles. The average Bonchev–Trinajstić information content (AvgIpc) is 2.83. The summed E-state index contributed by atoms with van der Waals surface area (Å²) in [5, 5.41) is 0. The molecule has 100 valence electrons. The van der Waals surface area contributed by atoms with Crippen molar-refractivity contribution in [2.45, 2.75) is 6.61 Å². The van der Waals surface area contributed by atoms with Gasteiger partial charge in [-0.1, -0.05) is 12.1 Å². The maximum atomic E-state index is 11.9. The number of nitrogens with zero attached hydrogens (tertiary/aromatic N) is 1. The lowest BCUT2D eigenvalue weighted by atomic mass is 10.2. The van der Waals surface area contributed by atoms with Crippen LogP contribution in [0.1, 0.15) is 16.1 Å². The quantitative estimate of drug-likeness (QED) is 0.748. The van der Waals surface area contributed by atoms with Crippen LogP contribution in [0.5, 0.6) is 5.75 Å². The Morgan fingerprint density at radius 2 is 2.11 bits per heavy atom. The highest BCUT2D eigenvalue weighted by molar-refractivity contribution is 5.95. The number of ether oxygens (including phenoxy) is 2. The molecule has 2 aromatic rings. The molecule has 0 fully saturated rings. The van der Waals surface area contributed by atoms with E-state index in [1.165, 1.54) is 0 Å². The molecule has 0 aliphatic carbocycles. The van der Waals surface area contributed by atoms with Crippen molar-refractivity contribution in [1.82, 2.24) is 4.57 Å². The molecule has 19 heavy (non-hydrogen) atoms. The summed E-state index contributed by atoms with van der Waals surface area (Å²) in [5.41, 5.74) is 1.67. The van der Waals surface area contributed by atoms with Crippen molar-refractivity contribution in [1.29, 1.82) is 0 Å². The van der Waals surface area contributed by atoms with E-state index in [0.29, 0.717) is 18.1 Å². The highest BCUT2D eigenvalue weighted by Crippen LogP contribution is 2.14. The molecule has 0 radical (unpaired) electrons. The van der Waals surface area contributed by atoms with E-state index in [1.54, 1.807) is 17.7 Å². The lowest BCUT2D eigenvalue weighted by Crippen LogP contribution is -2.14. The zero-order chi connectivity index (χ0) is 13.7. The summed E-state index contributed by atoms with van der Waals surface area (Å²) in [6.07, 6.45) is 1.84. The number of benzene rings is 1. The summed E-state index contributed by atoms with van der Waals surface area (Å²) in [5.74, 6) is 0.641. The van der Waals surface area contributed by atoms with E-state index in [0.717, 1.165) is 5.56 Å². The van der Waals surface area contributed by atoms with Gasteiger partial charge in [0.2, 0.25) is 5.78 Å². The third-order valence-corrected chi connectivity index (χ3v) is 2.81. The van der Waals surface area contributed by atoms with Crippen molar-refractivity contribution < 1.29 is 14.3 Å². The number of carbonyl (C=O) groups excluding carboxylic acids is 1. The van der Waals surface area contributed by atoms with Crippen molar-refractivity contribution >= 4 is 5.78 Å². The van der Waals surface area contributed by atoms with Gasteiger partial charge in [0.15, 0.2) is 6.61 Å². The predicted octanol–water partition coefficient (Wildman–Crippen LogP) is 2.43. The van der Waals surface area contributed by atoms with Crippen LogP contribution in [0.25, 0.3) is 0 Å². The number of carbonyl (C=O) groups is 1. The van der Waals surface area contributed by atoms with Crippen LogP contribution in [0.2, 0.25) is 0 Å². The molecule has 2 rings (SSSR count). The van der Waals surface area contributed by atoms with E-state index < -0.39 is 0 Å². The smallest absolute Gasteiger partial charge is 0.216 e. The second-order valence-corrected chi connectivity index (χ2v) is 4.30. The standard InChI is InChI=1S/C15H17NO3/c1-16-8-4-7-14(16)15(17)11-19-13-6-3-5-12(9-13)10-18-2/h3-9H,10-11H2,1-2H3. The number of Topliss-reactive ketones (excluding diaryl/α,β-unsaturated/α-hetero) is 1. The SMILES string of the molecule is COCc1cccc(OCC(=O)c2cccn2C)c1. The number of methoxy groups -OCH3 is 1. The molecule has 0 aliphatic heterocycles. The third kappa shape index (κ3) is 3.45. The number of aromatic nitrogens is 1. The Bertz CT molecular complexity index is 560. The maximum Gasteiger partial charge on any atom is 0.216 e. The number of hydrogen-bond acceptors (Lipinski definition) is 3. The monoisotopic (exact) mass is 259 g/mol. The molecule has 0 unspecified atom stereocenters. The van der Waals surface area contributed by atoms with Crippen molar-refractivity contribution in [3.63, 3.8) is 0 Å². The molecule has 0 aliphatic rings. The Morgan fingerprint density at radius 3 is 2.79 bits per heavy atom. The minimum Gasteiger partial charge on any atom is -0.485 e. The van der Waals surface area contributed by atoms with E-state index >= 15 is 0 Å². The van der Waals surface area contributed by atoms with Crippen molar-refractivity contribution in [3.8, 4) is 5.75 Å². The zero-order valence-corrected chi connectivity index (χ0v) is 11.1. The summed E-state index contributed by atoms with van der Waals surface area (Å²) in [6, 6.07) is 11.2. The molecule has 0 bridgehead atoms. The van der Waals surface area contributed by atoms with Crippen molar-refractivity contribution in [2.75, 3.05) is 13.7 Å². The minimum absolute atomic E-state index is 0.0360. The highest BCUT2D eigenvalue weighted by atomic mass is 16.5. The van der Waals surface area contributed by atoms with Gasteiger partial charge in [-0.15, -0.1) is 0 Å². The number of ketones is 1. The fraction of sp³-hybridized carbons (Fsp3) is 0.267. The number of hydrogen-bond donors (Lipinski definition) is 0. The van der Waals surface area contributed by atoms with Crippen LogP contribution in [0.4, 0.5) is 0 Å². The lowest BCUT2D eigenvalue weighted by molar-refractivity contribution is 0.0913. The second-order valence-electron chi connectivity index (χ2n) is 4.30. The molecule has 0 saturated carbocycles. The van der Waals surface area contributed by atoms with Crippen LogP contribution in [-0.2, 0) is 18.4 Å². The number of aryl methyl sites for hydroxylation is 1. The summed E-state index contributed by atoms with van der Waals surface area (Å²) in [7, 11) is 3.49. The van der Waals surface area contributed by atoms with E-state index in [1.807, 2.05) is 43.6 Å². The second kappa shape index (κ2) is 6.20. The summed E-state index contributed by atoms with van der Waals surface area (Å²) >= 11 is 0. The highest BCUT2D eigenvalue weighted by Gasteiger charge is 2.09. The van der Waals surface area contributed by atoms with E-state index in [-0.39, 0.29) is 12.4 Å². The lowest BCUT2D eigenvalue weighted by Gasteiger charge is -2.07. The van der Waals surface area contributed by atoms with Gasteiger partial charge in [-0.05, 0) is 29.8 Å². The van der Waals surface area contributed by atoms with Crippen LogP contribution in [0.15, 0.2) is 42.6 Å². The summed E-state index contributed by atoms with van der Waals surface area (Å²) in [6.45, 7) is 0.567. The molecule has 4 heteroatoms. The first-order chi connectivity index (χ1) is 9.20. The van der Waals surface area contributed by atoms with Gasteiger partial charge in [0.05, 0.1) is 12.3 Å². The molecule has 0 N–H and O–H groups in total. The van der Waals surface area contributed by atoms with Gasteiger partial charge < -0.3 is 14.0 Å². The van der Waals surface area contributed by atoms with Gasteiger partial charge in [0.1, 0.15) is 5.75 Å². The van der Waals surface area contributed by atoms with Crippen molar-refractivity contribution in [2.24, 2.45) is 7.05 Å². The first kappa shape index (κ1) is 13.4. The molecule has 0 spiro atoms. The summed E-state index contributed by atoms with van der Waals surface area (Å²) < 4.78 is 12.4. The molecule has 0 saturated heterocycles. The van der Waals surface area contributed by atoms with Crippen LogP contribution in [-0.4, -0.2) is 24.1 Å². The van der Waals surface area contributed by atoms with E-state index in [4.69, 9.17) is 9.47 Å². The number of rotatable bonds is 6. The Morgan fingerprint density at radius 1 is 1.26 bits per heavy atom. The average molecular weight is 259 g/mol. The third-order valence-electron chi connectivity index (χ3n) is 2.81. The van der Waals surface area contributed by atoms with Gasteiger partial charge in [0.25, 0.3) is 0 Å². The van der Waals surface area contributed by atoms with Gasteiger partial charge in [0, 0.05) is 20.4 Å². The van der Waals surface area contributed by atoms with Gasteiger partial charge in [-0.25, -0.2) is 0 Å². The van der Waals surface area contributed by atoms with Crippen LogP contribution < -0.4 is 4.74 Å². The molecule has 0 amide bonds. The molecule has 1 aromatic heterocycles. The Labute approximate surface area is 112 Å². The first-order valence-corrected chi connectivity index (χ1v) is 6.06. The van der Waals surface area contributed by atoms with Gasteiger partial charge >= 0.3 is 0 Å². The normalized spacial score (nSPS) is 10.4.